The first-order valence-corrected chi connectivity index (χ1v) is 35.6. The molecule has 0 aromatic heterocycles. The van der Waals surface area contributed by atoms with E-state index in [1.54, 1.807) is 0 Å². The van der Waals surface area contributed by atoms with Crippen molar-refractivity contribution in [3.8, 4) is 0 Å². The Labute approximate surface area is 514 Å². The largest absolute Gasteiger partial charge is 0.472 e. The lowest BCUT2D eigenvalue weighted by molar-refractivity contribution is -0.161. The van der Waals surface area contributed by atoms with Crippen molar-refractivity contribution in [2.24, 2.45) is 0 Å². The Morgan fingerprint density at radius 1 is 0.333 bits per heavy atom. The van der Waals surface area contributed by atoms with E-state index >= 15 is 0 Å². The number of carbonyl (C=O) groups excluding carboxylic acids is 3. The van der Waals surface area contributed by atoms with Gasteiger partial charge in [0.05, 0.1) is 19.8 Å². The van der Waals surface area contributed by atoms with Crippen LogP contribution in [0.2, 0.25) is 0 Å². The van der Waals surface area contributed by atoms with Crippen LogP contribution in [0, 0.1) is 0 Å². The van der Waals surface area contributed by atoms with Gasteiger partial charge in [-0.25, -0.2) is 4.57 Å². The van der Waals surface area contributed by atoms with Crippen LogP contribution in [-0.2, 0) is 42.2 Å². The van der Waals surface area contributed by atoms with Crippen molar-refractivity contribution >= 4 is 25.7 Å². The Morgan fingerprint density at radius 3 is 0.893 bits per heavy atom. The normalized spacial score (nSPS) is 13.8. The van der Waals surface area contributed by atoms with Gasteiger partial charge in [-0.1, -0.05) is 253 Å². The molecule has 0 aromatic rings. The molecule has 3 atom stereocenters. The molecule has 0 rings (SSSR count). The number of hydrogen-bond donors (Lipinski definition) is 2. The first-order valence-electron chi connectivity index (χ1n) is 34.1. The minimum atomic E-state index is -4.77. The van der Waals surface area contributed by atoms with Crippen LogP contribution in [0.4, 0.5) is 0 Å². The van der Waals surface area contributed by atoms with Gasteiger partial charge in [-0.2, -0.15) is 0 Å². The maximum absolute atomic E-state index is 13.0. The quantitative estimate of drug-likeness (QED) is 0.0197. The summed E-state index contributed by atoms with van der Waals surface area (Å²) in [5.74, 6) is -1.49. The number of rotatable bonds is 63. The van der Waals surface area contributed by atoms with Gasteiger partial charge in [0.15, 0.2) is 6.10 Å². The summed E-state index contributed by atoms with van der Waals surface area (Å²) < 4.78 is 39.8. The SMILES string of the molecule is CCCCC/C=C\C/C=C\C/C=C\CCCCCCCCC(=O)OCC(COP(=O)(O)OCC(CO)OC(=O)CCCCCCCCCCC/C=C\C/C=C\CCCCC)OC(=O)CCCCCCCC/C=C\C/C=C\C/C=C\CCCCC. The minimum Gasteiger partial charge on any atom is -0.462 e. The molecule has 0 aromatic carbocycles. The van der Waals surface area contributed by atoms with Crippen LogP contribution in [0.3, 0.4) is 0 Å². The molecule has 0 radical (unpaired) electrons. The first-order chi connectivity index (χ1) is 41.2. The molecule has 484 valence electrons. The van der Waals surface area contributed by atoms with E-state index in [1.807, 2.05) is 0 Å². The Bertz CT molecular complexity index is 1780. The van der Waals surface area contributed by atoms with E-state index in [4.69, 9.17) is 23.3 Å². The van der Waals surface area contributed by atoms with E-state index in [0.29, 0.717) is 19.3 Å². The zero-order chi connectivity index (χ0) is 61.2. The van der Waals surface area contributed by atoms with Crippen molar-refractivity contribution in [3.63, 3.8) is 0 Å². The molecule has 0 amide bonds. The summed E-state index contributed by atoms with van der Waals surface area (Å²) in [5, 5.41) is 9.88. The van der Waals surface area contributed by atoms with Gasteiger partial charge in [0.2, 0.25) is 0 Å². The summed E-state index contributed by atoms with van der Waals surface area (Å²) in [7, 11) is -4.77. The fourth-order valence-corrected chi connectivity index (χ4v) is 10.0. The van der Waals surface area contributed by atoms with Crippen LogP contribution in [0.25, 0.3) is 0 Å². The molecule has 0 heterocycles. The minimum absolute atomic E-state index is 0.147. The van der Waals surface area contributed by atoms with E-state index in [1.165, 1.54) is 109 Å². The molecule has 3 unspecified atom stereocenters. The first kappa shape index (κ1) is 80.4. The third kappa shape index (κ3) is 62.9. The summed E-state index contributed by atoms with van der Waals surface area (Å²) in [5.41, 5.74) is 0. The number of allylic oxidation sites excluding steroid dienone is 16. The second kappa shape index (κ2) is 65.4. The molecular formula is C72H125O11P. The van der Waals surface area contributed by atoms with Gasteiger partial charge in [-0.05, 0) is 128 Å². The Hall–Kier alpha value is -3.60. The molecule has 2 N–H and O–H groups in total. The second-order valence-corrected chi connectivity index (χ2v) is 24.1. The van der Waals surface area contributed by atoms with Crippen LogP contribution in [0.5, 0.6) is 0 Å². The molecule has 0 spiro atoms. The summed E-state index contributed by atoms with van der Waals surface area (Å²) in [6, 6.07) is 0. The summed E-state index contributed by atoms with van der Waals surface area (Å²) in [6.45, 7) is 4.57. The number of hydrogen-bond acceptors (Lipinski definition) is 10. The monoisotopic (exact) mass is 1200 g/mol. The highest BCUT2D eigenvalue weighted by atomic mass is 31.2. The zero-order valence-corrected chi connectivity index (χ0v) is 54.7. The number of phosphoric ester groups is 1. The van der Waals surface area contributed by atoms with Crippen LogP contribution in [0.1, 0.15) is 303 Å². The van der Waals surface area contributed by atoms with Crippen LogP contribution >= 0.6 is 7.82 Å². The van der Waals surface area contributed by atoms with Gasteiger partial charge < -0.3 is 24.2 Å². The number of ether oxygens (including phenoxy) is 3. The number of esters is 3. The van der Waals surface area contributed by atoms with Crippen LogP contribution < -0.4 is 0 Å². The molecule has 11 nitrogen and oxygen atoms in total. The molecule has 84 heavy (non-hydrogen) atoms. The lowest BCUT2D eigenvalue weighted by Crippen LogP contribution is -2.30. The average molecular weight is 1200 g/mol. The molecule has 12 heteroatoms. The van der Waals surface area contributed by atoms with Crippen molar-refractivity contribution in [1.29, 1.82) is 0 Å². The molecule has 0 fully saturated rings. The molecule has 0 saturated carbocycles. The second-order valence-electron chi connectivity index (χ2n) is 22.6. The summed E-state index contributed by atoms with van der Waals surface area (Å²) >= 11 is 0. The Kier molecular flexibility index (Phi) is 62.6. The highest BCUT2D eigenvalue weighted by molar-refractivity contribution is 7.47. The lowest BCUT2D eigenvalue weighted by Gasteiger charge is -2.21. The van der Waals surface area contributed by atoms with Gasteiger partial charge >= 0.3 is 25.7 Å². The fourth-order valence-electron chi connectivity index (χ4n) is 9.22. The Balaban J connectivity index is 4.73. The molecule has 0 bridgehead atoms. The standard InChI is InChI=1S/C72H125O11P/c1-4-7-10-13-16-19-22-25-28-31-34-37-40-43-46-49-52-55-58-61-70(74)79-65-69(83-72(76)63-60-57-54-51-48-45-42-39-36-33-30-27-24-21-18-15-12-9-6-3)67-81-84(77,78)80-66-68(64-73)82-71(75)62-59-56-53-50-47-44-41-38-35-32-29-26-23-20-17-14-11-8-5-2/h16-21,25-30,34,36-37,39,68-69,73H,4-15,22-24,31-33,35,38,40-67H2,1-3H3,(H,77,78)/b19-16-,20-17-,21-18-,28-25-,29-26-,30-27-,37-34-,39-36-. The van der Waals surface area contributed by atoms with E-state index in [-0.39, 0.29) is 25.9 Å². The van der Waals surface area contributed by atoms with Gasteiger partial charge in [-0.15, -0.1) is 0 Å². The molecular weight excluding hydrogens is 1070 g/mol. The van der Waals surface area contributed by atoms with Gasteiger partial charge in [0, 0.05) is 19.3 Å². The number of unbranched alkanes of at least 4 members (excludes halogenated alkanes) is 30. The topological polar surface area (TPSA) is 155 Å². The van der Waals surface area contributed by atoms with E-state index in [0.717, 1.165) is 135 Å². The fraction of sp³-hybridized carbons (Fsp3) is 0.736. The van der Waals surface area contributed by atoms with Gasteiger partial charge in [0.1, 0.15) is 12.7 Å². The van der Waals surface area contributed by atoms with E-state index in [2.05, 4.69) is 118 Å². The van der Waals surface area contributed by atoms with Crippen molar-refractivity contribution in [2.45, 2.75) is 315 Å². The number of aliphatic hydroxyl groups excluding tert-OH is 1. The predicted octanol–water partition coefficient (Wildman–Crippen LogP) is 21.2. The van der Waals surface area contributed by atoms with Crippen molar-refractivity contribution in [3.05, 3.63) is 97.2 Å². The third-order valence-corrected chi connectivity index (χ3v) is 15.4. The van der Waals surface area contributed by atoms with E-state index in [9.17, 15) is 28.9 Å². The average Bonchev–Trinajstić information content (AvgIpc) is 3.55. The molecule has 0 aliphatic rings. The Morgan fingerprint density at radius 2 is 0.583 bits per heavy atom. The molecule has 0 aliphatic heterocycles. The highest BCUT2D eigenvalue weighted by Crippen LogP contribution is 2.43. The molecule has 0 saturated heterocycles. The van der Waals surface area contributed by atoms with Crippen molar-refractivity contribution < 1.29 is 52.2 Å². The molecule has 0 aliphatic carbocycles. The smallest absolute Gasteiger partial charge is 0.462 e. The number of phosphoric acid groups is 1. The lowest BCUT2D eigenvalue weighted by atomic mass is 10.1. The summed E-state index contributed by atoms with van der Waals surface area (Å²) in [6.07, 6.45) is 79.1. The van der Waals surface area contributed by atoms with Gasteiger partial charge in [0.25, 0.3) is 0 Å². The maximum atomic E-state index is 13.0. The van der Waals surface area contributed by atoms with Crippen molar-refractivity contribution in [2.75, 3.05) is 26.4 Å². The zero-order valence-electron chi connectivity index (χ0n) is 53.8. The highest BCUT2D eigenvalue weighted by Gasteiger charge is 2.28. The third-order valence-electron chi connectivity index (χ3n) is 14.4. The number of carbonyl (C=O) groups is 3. The van der Waals surface area contributed by atoms with Crippen molar-refractivity contribution in [1.82, 2.24) is 0 Å². The van der Waals surface area contributed by atoms with E-state index < -0.39 is 57.8 Å². The maximum Gasteiger partial charge on any atom is 0.472 e. The van der Waals surface area contributed by atoms with Gasteiger partial charge in [-0.3, -0.25) is 23.4 Å². The van der Waals surface area contributed by atoms with Crippen LogP contribution in [0.15, 0.2) is 97.2 Å². The predicted molar refractivity (Wildman–Crippen MR) is 353 cm³/mol. The van der Waals surface area contributed by atoms with Crippen LogP contribution in [-0.4, -0.2) is 66.5 Å². The number of aliphatic hydroxyl groups is 1. The summed E-state index contributed by atoms with van der Waals surface area (Å²) in [4.78, 5) is 48.9.